The first kappa shape index (κ1) is 36.0. The Kier molecular flexibility index (Phi) is 13.6. The van der Waals surface area contributed by atoms with Gasteiger partial charge in [0.1, 0.15) is 23.0 Å². The second kappa shape index (κ2) is 18.5. The molecule has 8 N–H and O–H groups in total. The van der Waals surface area contributed by atoms with E-state index in [0.29, 0.717) is 52.6 Å². The summed E-state index contributed by atoms with van der Waals surface area (Å²) in [4.78, 5) is 0. The number of benzene rings is 4. The van der Waals surface area contributed by atoms with Gasteiger partial charge in [0.05, 0.1) is 26.4 Å². The van der Waals surface area contributed by atoms with Crippen LogP contribution >= 0.6 is 0 Å². The van der Waals surface area contributed by atoms with Crippen LogP contribution in [-0.2, 0) is 6.54 Å². The molecule has 0 unspecified atom stereocenters. The Morgan fingerprint density at radius 3 is 1.20 bits per heavy atom. The van der Waals surface area contributed by atoms with E-state index in [0.717, 1.165) is 90.3 Å². The molecule has 0 spiro atoms. The Morgan fingerprint density at radius 2 is 0.837 bits per heavy atom. The second-order valence-corrected chi connectivity index (χ2v) is 12.3. The molecule has 0 amide bonds. The highest BCUT2D eigenvalue weighted by Crippen LogP contribution is 2.38. The van der Waals surface area contributed by atoms with Crippen LogP contribution in [0.1, 0.15) is 45.4 Å². The predicted octanol–water partition coefficient (Wildman–Crippen LogP) is 6.84. The molecule has 262 valence electrons. The zero-order valence-electron chi connectivity index (χ0n) is 28.9. The Balaban J connectivity index is 1.60. The van der Waals surface area contributed by atoms with Gasteiger partial charge in [0.25, 0.3) is 0 Å². The normalized spacial score (nSPS) is 11.4. The minimum atomic E-state index is 0.545. The van der Waals surface area contributed by atoms with Gasteiger partial charge >= 0.3 is 0 Å². The molecular weight excluding hydrogens is 614 g/mol. The molecule has 0 aliphatic carbocycles. The van der Waals surface area contributed by atoms with Crippen molar-refractivity contribution in [1.82, 2.24) is 4.57 Å². The van der Waals surface area contributed by atoms with Crippen LogP contribution < -0.4 is 41.9 Å². The maximum absolute atomic E-state index is 6.15. The molecule has 5 rings (SSSR count). The van der Waals surface area contributed by atoms with Gasteiger partial charge in [-0.15, -0.1) is 0 Å². The van der Waals surface area contributed by atoms with Gasteiger partial charge in [0.2, 0.25) is 0 Å². The van der Waals surface area contributed by atoms with Gasteiger partial charge < -0.3 is 46.4 Å². The molecule has 0 bridgehead atoms. The van der Waals surface area contributed by atoms with Crippen molar-refractivity contribution in [3.05, 3.63) is 72.8 Å². The topological polar surface area (TPSA) is 146 Å². The number of fused-ring (bicyclic) bond motifs is 3. The van der Waals surface area contributed by atoms with Gasteiger partial charge in [-0.1, -0.05) is 25.5 Å². The lowest BCUT2D eigenvalue weighted by Crippen LogP contribution is -2.07. The highest BCUT2D eigenvalue weighted by atomic mass is 16.5. The third-order valence-electron chi connectivity index (χ3n) is 8.50. The average Bonchev–Trinajstić information content (AvgIpc) is 3.43. The zero-order valence-corrected chi connectivity index (χ0v) is 28.9. The fraction of sp³-hybridized carbons (Fsp3) is 0.400. The van der Waals surface area contributed by atoms with Crippen LogP contribution in [0.15, 0.2) is 72.8 Å². The van der Waals surface area contributed by atoms with Crippen LogP contribution in [-0.4, -0.2) is 57.2 Å². The lowest BCUT2D eigenvalue weighted by molar-refractivity contribution is 0.296. The number of rotatable bonds is 21. The zero-order chi connectivity index (χ0) is 34.4. The molecule has 0 saturated heterocycles. The van der Waals surface area contributed by atoms with Crippen molar-refractivity contribution in [1.29, 1.82) is 0 Å². The molecule has 49 heavy (non-hydrogen) atoms. The van der Waals surface area contributed by atoms with E-state index in [1.807, 2.05) is 12.1 Å². The smallest absolute Gasteiger partial charge is 0.123 e. The summed E-state index contributed by atoms with van der Waals surface area (Å²) in [6, 6.07) is 25.6. The summed E-state index contributed by atoms with van der Waals surface area (Å²) >= 11 is 0. The first-order valence-electron chi connectivity index (χ1n) is 17.8. The van der Waals surface area contributed by atoms with Crippen molar-refractivity contribution < 1.29 is 18.9 Å². The maximum Gasteiger partial charge on any atom is 0.123 e. The molecule has 0 radical (unpaired) electrons. The minimum absolute atomic E-state index is 0.545. The molecule has 4 aromatic carbocycles. The second-order valence-electron chi connectivity index (χ2n) is 12.3. The quantitative estimate of drug-likeness (QED) is 0.0623. The van der Waals surface area contributed by atoms with Crippen molar-refractivity contribution in [2.24, 2.45) is 22.9 Å². The van der Waals surface area contributed by atoms with E-state index in [4.69, 9.17) is 41.9 Å². The third-order valence-corrected chi connectivity index (χ3v) is 8.50. The summed E-state index contributed by atoms with van der Waals surface area (Å²) in [5.41, 5.74) is 29.7. The van der Waals surface area contributed by atoms with E-state index in [1.165, 1.54) is 21.8 Å². The summed E-state index contributed by atoms with van der Waals surface area (Å²) in [5.74, 6) is 3.10. The van der Waals surface area contributed by atoms with Gasteiger partial charge in [-0.3, -0.25) is 0 Å². The van der Waals surface area contributed by atoms with E-state index in [1.54, 1.807) is 0 Å². The molecule has 0 saturated carbocycles. The van der Waals surface area contributed by atoms with E-state index in [2.05, 4.69) is 72.2 Å². The Labute approximate surface area is 290 Å². The molecule has 0 aliphatic heterocycles. The van der Waals surface area contributed by atoms with Gasteiger partial charge in [0.15, 0.2) is 0 Å². The molecule has 5 aromatic rings. The SMILES string of the molecule is CCCCOc1cc(OCCCN)cc(-c2ccc3c(c2)c2cc(-c4cc(OCCCN)cc(OCCCN)c4)ccc2n3CCCN)c1. The van der Waals surface area contributed by atoms with Crippen molar-refractivity contribution in [2.45, 2.75) is 52.0 Å². The largest absolute Gasteiger partial charge is 0.493 e. The van der Waals surface area contributed by atoms with Crippen LogP contribution in [0.2, 0.25) is 0 Å². The Morgan fingerprint density at radius 1 is 0.449 bits per heavy atom. The lowest BCUT2D eigenvalue weighted by Gasteiger charge is -2.13. The first-order chi connectivity index (χ1) is 24.1. The summed E-state index contributed by atoms with van der Waals surface area (Å²) < 4.78 is 26.8. The average molecular weight is 668 g/mol. The molecule has 0 fully saturated rings. The Hall–Kier alpha value is -4.28. The van der Waals surface area contributed by atoms with Gasteiger partial charge in [0, 0.05) is 40.5 Å². The van der Waals surface area contributed by atoms with Crippen molar-refractivity contribution in [3.8, 4) is 45.3 Å². The highest BCUT2D eigenvalue weighted by Gasteiger charge is 2.15. The van der Waals surface area contributed by atoms with Crippen LogP contribution in [0, 0.1) is 0 Å². The minimum Gasteiger partial charge on any atom is -0.493 e. The molecule has 0 atom stereocenters. The van der Waals surface area contributed by atoms with Crippen molar-refractivity contribution >= 4 is 21.8 Å². The molecule has 9 nitrogen and oxygen atoms in total. The van der Waals surface area contributed by atoms with E-state index >= 15 is 0 Å². The fourth-order valence-corrected chi connectivity index (χ4v) is 5.92. The van der Waals surface area contributed by atoms with Gasteiger partial charge in [-0.25, -0.2) is 0 Å². The van der Waals surface area contributed by atoms with Crippen molar-refractivity contribution in [2.75, 3.05) is 52.6 Å². The van der Waals surface area contributed by atoms with Crippen LogP contribution in [0.3, 0.4) is 0 Å². The summed E-state index contributed by atoms with van der Waals surface area (Å²) in [6.07, 6.45) is 5.29. The molecule has 1 heterocycles. The molecular formula is C40H53N5O4. The lowest BCUT2D eigenvalue weighted by atomic mass is 9.99. The summed E-state index contributed by atoms with van der Waals surface area (Å²) in [5, 5.41) is 2.34. The standard InChI is InChI=1S/C40H53N5O4/c1-2-3-17-46-33-21-31(22-34(27-33)47-18-5-13-42)29-8-10-39-37(25-29)38-26-30(9-11-40(38)45(39)16-4-12-41)32-23-35(48-19-6-14-43)28-36(24-32)49-20-7-15-44/h8-11,21-28H,2-7,12-20,41-44H2,1H3. The third kappa shape index (κ3) is 9.45. The van der Waals surface area contributed by atoms with Gasteiger partial charge in [-0.2, -0.15) is 0 Å². The summed E-state index contributed by atoms with van der Waals surface area (Å²) in [7, 11) is 0. The highest BCUT2D eigenvalue weighted by molar-refractivity contribution is 6.10. The van der Waals surface area contributed by atoms with Crippen molar-refractivity contribution in [3.63, 3.8) is 0 Å². The number of hydrogen-bond acceptors (Lipinski definition) is 8. The van der Waals surface area contributed by atoms with Crippen LogP contribution in [0.4, 0.5) is 0 Å². The predicted molar refractivity (Wildman–Crippen MR) is 202 cm³/mol. The van der Waals surface area contributed by atoms with Crippen LogP contribution in [0.25, 0.3) is 44.1 Å². The number of nitrogens with zero attached hydrogens (tertiary/aromatic N) is 1. The van der Waals surface area contributed by atoms with E-state index in [-0.39, 0.29) is 0 Å². The maximum atomic E-state index is 6.15. The van der Waals surface area contributed by atoms with Crippen LogP contribution in [0.5, 0.6) is 23.0 Å². The number of hydrogen-bond donors (Lipinski definition) is 4. The first-order valence-corrected chi connectivity index (χ1v) is 17.8. The van der Waals surface area contributed by atoms with Gasteiger partial charge in [-0.05, 0) is 129 Å². The fourth-order valence-electron chi connectivity index (χ4n) is 5.92. The number of nitrogens with two attached hydrogens (primary N) is 4. The number of aromatic nitrogens is 1. The number of aryl methyl sites for hydroxylation is 1. The molecule has 0 aliphatic rings. The number of unbranched alkanes of at least 4 members (excludes halogenated alkanes) is 1. The Bertz CT molecular complexity index is 1610. The monoisotopic (exact) mass is 667 g/mol. The number of ether oxygens (including phenoxy) is 4. The molecule has 9 heteroatoms. The van der Waals surface area contributed by atoms with E-state index < -0.39 is 0 Å². The van der Waals surface area contributed by atoms with E-state index in [9.17, 15) is 0 Å². The summed E-state index contributed by atoms with van der Waals surface area (Å²) in [6.45, 7) is 7.67. The molecule has 1 aromatic heterocycles.